The molecule has 2 fully saturated rings. The summed E-state index contributed by atoms with van der Waals surface area (Å²) in [5.41, 5.74) is 1.33. The molecule has 1 spiro atoms. The zero-order chi connectivity index (χ0) is 31.7. The quantitative estimate of drug-likeness (QED) is 0.198. The number of halogens is 2. The highest BCUT2D eigenvalue weighted by molar-refractivity contribution is 7.16. The van der Waals surface area contributed by atoms with E-state index in [4.69, 9.17) is 4.74 Å². The first kappa shape index (κ1) is 31.8. The fourth-order valence-corrected chi connectivity index (χ4v) is 7.99. The molecule has 0 saturated carbocycles. The number of rotatable bonds is 9. The van der Waals surface area contributed by atoms with Crippen molar-refractivity contribution in [1.29, 1.82) is 0 Å². The lowest BCUT2D eigenvalue weighted by atomic mass is 9.89. The van der Waals surface area contributed by atoms with E-state index >= 15 is 0 Å². The van der Waals surface area contributed by atoms with Crippen molar-refractivity contribution in [2.75, 3.05) is 45.9 Å². The van der Waals surface area contributed by atoms with Crippen LogP contribution in [-0.4, -0.2) is 82.4 Å². The number of aromatic hydroxyl groups is 1. The van der Waals surface area contributed by atoms with Crippen LogP contribution in [0.25, 0.3) is 10.2 Å². The maximum Gasteiger partial charge on any atom is 0.305 e. The minimum Gasteiger partial charge on any atom is -0.506 e. The molecule has 1 atom stereocenters. The fourth-order valence-electron chi connectivity index (χ4n) is 6.24. The molecule has 4 N–H and O–H groups in total. The number of fused-ring (bicyclic) bond motifs is 1. The fraction of sp³-hybridized carbons (Fsp3) is 0.438. The number of carbonyl (C=O) groups is 1. The second-order valence-corrected chi connectivity index (χ2v) is 14.1. The summed E-state index contributed by atoms with van der Waals surface area (Å²) in [5, 5.41) is 23.8. The number of benzene rings is 2. The highest BCUT2D eigenvalue weighted by Crippen LogP contribution is 2.33. The van der Waals surface area contributed by atoms with E-state index in [0.717, 1.165) is 21.1 Å². The molecule has 0 aliphatic carbocycles. The summed E-state index contributed by atoms with van der Waals surface area (Å²) in [6.45, 7) is 5.70. The van der Waals surface area contributed by atoms with Gasteiger partial charge < -0.3 is 30.2 Å². The normalized spacial score (nSPS) is 17.7. The predicted octanol–water partition coefficient (Wildman–Crippen LogP) is 4.32. The molecule has 1 amide bonds. The number of H-pyrrole nitrogens is 1. The number of aryl methyl sites for hydroxylation is 1. The molecule has 0 radical (unpaired) electrons. The Labute approximate surface area is 267 Å². The van der Waals surface area contributed by atoms with Gasteiger partial charge in [-0.3, -0.25) is 14.5 Å². The van der Waals surface area contributed by atoms with Crippen LogP contribution in [0.2, 0.25) is 0 Å². The van der Waals surface area contributed by atoms with Crippen molar-refractivity contribution in [3.8, 4) is 5.75 Å². The molecule has 2 aromatic heterocycles. The third-order valence-corrected chi connectivity index (χ3v) is 10.6. The molecule has 2 saturated heterocycles. The smallest absolute Gasteiger partial charge is 0.305 e. The van der Waals surface area contributed by atoms with Crippen LogP contribution < -0.4 is 10.2 Å². The molecule has 0 bridgehead atoms. The van der Waals surface area contributed by atoms with Gasteiger partial charge in [0.15, 0.2) is 11.6 Å². The van der Waals surface area contributed by atoms with Crippen molar-refractivity contribution >= 4 is 38.8 Å². The molecule has 2 aromatic carbocycles. The van der Waals surface area contributed by atoms with Crippen LogP contribution >= 0.6 is 22.7 Å². The zero-order valence-corrected chi connectivity index (χ0v) is 26.5. The number of hydrogen-bond donors (Lipinski definition) is 4. The third-order valence-electron chi connectivity index (χ3n) is 8.69. The number of morpholine rings is 1. The largest absolute Gasteiger partial charge is 0.506 e. The molecule has 4 heterocycles. The lowest BCUT2D eigenvalue weighted by Gasteiger charge is -2.47. The number of piperidine rings is 1. The van der Waals surface area contributed by atoms with Crippen molar-refractivity contribution in [1.82, 2.24) is 20.1 Å². The molecule has 2 aliphatic heterocycles. The number of likely N-dealkylation sites (tertiary alicyclic amines) is 1. The Morgan fingerprint density at radius 2 is 1.96 bits per heavy atom. The molecule has 13 heteroatoms. The number of aromatic amines is 1. The Hall–Kier alpha value is -3.20. The standard InChI is InChI=1S/C32H36F2N4O5S2/c1-19-2-5-26(44-19)30(41)38-12-13-43-32(18-38)7-10-37(11-8-32)17-21-14-20(15-23(33)27(21)34)6-9-35-16-25(40)22-3-4-24(39)28-29(22)45-31(42)36-28/h2-5,14-15,25,35,39-40H,6-13,16-18H2,1H3,(H,36,42). The average Bonchev–Trinajstić information content (AvgIpc) is 3.64. The number of aliphatic hydroxyl groups is 1. The number of phenolic OH excluding ortho intramolecular Hbond substituents is 1. The minimum atomic E-state index is -0.930. The van der Waals surface area contributed by atoms with Gasteiger partial charge in [0.2, 0.25) is 0 Å². The monoisotopic (exact) mass is 658 g/mol. The second-order valence-electron chi connectivity index (χ2n) is 11.9. The molecule has 4 aromatic rings. The Kier molecular flexibility index (Phi) is 9.37. The molecule has 9 nitrogen and oxygen atoms in total. The number of nitrogens with one attached hydrogen (secondary N) is 2. The van der Waals surface area contributed by atoms with Gasteiger partial charge >= 0.3 is 4.87 Å². The number of aliphatic hydroxyl groups excluding tert-OH is 1. The first-order valence-corrected chi connectivity index (χ1v) is 16.7. The Morgan fingerprint density at radius 1 is 1.16 bits per heavy atom. The zero-order valence-electron chi connectivity index (χ0n) is 24.9. The summed E-state index contributed by atoms with van der Waals surface area (Å²) in [6.07, 6.45) is 0.886. The van der Waals surface area contributed by atoms with Crippen LogP contribution in [-0.2, 0) is 17.7 Å². The van der Waals surface area contributed by atoms with E-state index in [9.17, 15) is 28.6 Å². The summed E-state index contributed by atoms with van der Waals surface area (Å²) >= 11 is 2.42. The first-order chi connectivity index (χ1) is 21.6. The first-order valence-electron chi connectivity index (χ1n) is 15.0. The van der Waals surface area contributed by atoms with E-state index < -0.39 is 23.3 Å². The van der Waals surface area contributed by atoms with Crippen LogP contribution in [0.3, 0.4) is 0 Å². The lowest BCUT2D eigenvalue weighted by molar-refractivity contribution is -0.127. The van der Waals surface area contributed by atoms with Gasteiger partial charge in [0.1, 0.15) is 11.3 Å². The summed E-state index contributed by atoms with van der Waals surface area (Å²) in [4.78, 5) is 32.9. The molecule has 2 aliphatic rings. The Morgan fingerprint density at radius 3 is 2.71 bits per heavy atom. The number of thiophene rings is 1. The number of amides is 1. The van der Waals surface area contributed by atoms with Crippen molar-refractivity contribution < 1.29 is 28.5 Å². The third kappa shape index (κ3) is 6.98. The van der Waals surface area contributed by atoms with Crippen molar-refractivity contribution in [2.24, 2.45) is 0 Å². The van der Waals surface area contributed by atoms with Crippen molar-refractivity contribution in [2.45, 2.75) is 44.4 Å². The van der Waals surface area contributed by atoms with Crippen molar-refractivity contribution in [3.63, 3.8) is 0 Å². The molecule has 6 rings (SSSR count). The number of ether oxygens (including phenoxy) is 1. The highest BCUT2D eigenvalue weighted by Gasteiger charge is 2.41. The highest BCUT2D eigenvalue weighted by atomic mass is 32.1. The number of phenols is 1. The summed E-state index contributed by atoms with van der Waals surface area (Å²) in [7, 11) is 0. The van der Waals surface area contributed by atoms with Crippen LogP contribution in [0.5, 0.6) is 5.75 Å². The van der Waals surface area contributed by atoms with E-state index in [-0.39, 0.29) is 29.6 Å². The molecule has 1 unspecified atom stereocenters. The summed E-state index contributed by atoms with van der Waals surface area (Å²) < 4.78 is 36.2. The van der Waals surface area contributed by atoms with Gasteiger partial charge in [-0.2, -0.15) is 0 Å². The Balaban J connectivity index is 1.02. The van der Waals surface area contributed by atoms with E-state index in [0.29, 0.717) is 85.5 Å². The molecular formula is C32H36F2N4O5S2. The van der Waals surface area contributed by atoms with Gasteiger partial charge in [0.25, 0.3) is 5.91 Å². The van der Waals surface area contributed by atoms with Gasteiger partial charge in [-0.1, -0.05) is 23.5 Å². The van der Waals surface area contributed by atoms with E-state index in [1.165, 1.54) is 23.5 Å². The van der Waals surface area contributed by atoms with E-state index in [1.807, 2.05) is 24.0 Å². The van der Waals surface area contributed by atoms with Gasteiger partial charge in [-0.05, 0) is 62.6 Å². The Bertz CT molecular complexity index is 1750. The van der Waals surface area contributed by atoms with E-state index in [2.05, 4.69) is 15.2 Å². The van der Waals surface area contributed by atoms with Crippen LogP contribution in [0.1, 0.15) is 50.2 Å². The lowest BCUT2D eigenvalue weighted by Crippen LogP contribution is -2.57. The van der Waals surface area contributed by atoms with Crippen LogP contribution in [0.15, 0.2) is 41.2 Å². The topological polar surface area (TPSA) is 118 Å². The molecule has 45 heavy (non-hydrogen) atoms. The van der Waals surface area contributed by atoms with Gasteiger partial charge in [-0.15, -0.1) is 11.3 Å². The maximum absolute atomic E-state index is 14.9. The number of nitrogens with zero attached hydrogens (tertiary/aromatic N) is 2. The second kappa shape index (κ2) is 13.3. The van der Waals surface area contributed by atoms with Crippen LogP contribution in [0, 0.1) is 18.6 Å². The summed E-state index contributed by atoms with van der Waals surface area (Å²) in [6, 6.07) is 9.75. The van der Waals surface area contributed by atoms with E-state index in [1.54, 1.807) is 12.1 Å². The van der Waals surface area contributed by atoms with Gasteiger partial charge in [0.05, 0.1) is 34.4 Å². The van der Waals surface area contributed by atoms with Crippen molar-refractivity contribution in [3.05, 3.63) is 84.1 Å². The number of thiazole rings is 1. The summed E-state index contributed by atoms with van der Waals surface area (Å²) in [5.74, 6) is -1.76. The maximum atomic E-state index is 14.9. The number of aromatic nitrogens is 1. The predicted molar refractivity (Wildman–Crippen MR) is 170 cm³/mol. The number of carbonyl (C=O) groups excluding carboxylic acids is 1. The molecule has 240 valence electrons. The minimum absolute atomic E-state index is 0.0354. The van der Waals surface area contributed by atoms with Crippen LogP contribution in [0.4, 0.5) is 8.78 Å². The average molecular weight is 659 g/mol. The SMILES string of the molecule is Cc1ccc(C(=O)N2CCOC3(CCN(Cc4cc(CCNCC(O)c5ccc(O)c6[nH]c(=O)sc56)cc(F)c4F)CC3)C2)s1. The number of hydrogen-bond acceptors (Lipinski definition) is 9. The molecular weight excluding hydrogens is 623 g/mol. The van der Waals surface area contributed by atoms with Gasteiger partial charge in [-0.25, -0.2) is 8.78 Å². The van der Waals surface area contributed by atoms with Gasteiger partial charge in [0, 0.05) is 48.7 Å².